The Labute approximate surface area is 233 Å². The van der Waals surface area contributed by atoms with Crippen LogP contribution in [0.5, 0.6) is 0 Å². The summed E-state index contributed by atoms with van der Waals surface area (Å²) in [5.74, 6) is 2.05. The Morgan fingerprint density at radius 3 is 2.77 bits per heavy atom. The van der Waals surface area contributed by atoms with Crippen LogP contribution in [0.2, 0.25) is 0 Å². The first-order valence-corrected chi connectivity index (χ1v) is 14.1. The highest BCUT2D eigenvalue weighted by Crippen LogP contribution is 2.32. The number of amides is 1. The van der Waals surface area contributed by atoms with Gasteiger partial charge in [-0.05, 0) is 76.0 Å². The number of hydrogen-bond acceptors (Lipinski definition) is 6. The van der Waals surface area contributed by atoms with Crippen LogP contribution in [-0.4, -0.2) is 69.5 Å². The second kappa shape index (κ2) is 11.6. The molecular weight excluding hydrogens is 500 g/mol. The largest absolute Gasteiger partial charge is 0.355 e. The molecule has 5 aromatic rings. The maximum atomic E-state index is 11.5. The van der Waals surface area contributed by atoms with Gasteiger partial charge in [-0.2, -0.15) is 0 Å². The van der Waals surface area contributed by atoms with Crippen molar-refractivity contribution < 1.29 is 4.79 Å². The van der Waals surface area contributed by atoms with Crippen LogP contribution in [-0.2, 0) is 11.2 Å². The van der Waals surface area contributed by atoms with Gasteiger partial charge in [-0.15, -0.1) is 0 Å². The molecule has 1 unspecified atom stereocenters. The predicted octanol–water partition coefficient (Wildman–Crippen LogP) is 4.59. The summed E-state index contributed by atoms with van der Waals surface area (Å²) in [7, 11) is 3.94. The van der Waals surface area contributed by atoms with E-state index in [1.807, 2.05) is 12.4 Å². The molecule has 0 bridgehead atoms. The number of unbranched alkanes of at least 4 members (excludes halogenated alkanes) is 1. The minimum absolute atomic E-state index is 0.0286. The van der Waals surface area contributed by atoms with Gasteiger partial charge in [-0.1, -0.05) is 18.2 Å². The highest BCUT2D eigenvalue weighted by atomic mass is 16.1. The molecule has 4 N–H and O–H groups in total. The number of rotatable bonds is 10. The molecule has 0 saturated carbocycles. The third-order valence-corrected chi connectivity index (χ3v) is 7.79. The van der Waals surface area contributed by atoms with Gasteiger partial charge < -0.3 is 20.6 Å². The number of imidazole rings is 2. The summed E-state index contributed by atoms with van der Waals surface area (Å²) < 4.78 is 0. The van der Waals surface area contributed by atoms with Crippen LogP contribution in [0.3, 0.4) is 0 Å². The maximum Gasteiger partial charge on any atom is 0.233 e. The van der Waals surface area contributed by atoms with Gasteiger partial charge >= 0.3 is 0 Å². The topological polar surface area (TPSA) is 115 Å². The van der Waals surface area contributed by atoms with Crippen LogP contribution >= 0.6 is 0 Å². The predicted molar refractivity (Wildman–Crippen MR) is 159 cm³/mol. The molecule has 2 aromatic carbocycles. The van der Waals surface area contributed by atoms with Crippen molar-refractivity contribution in [2.45, 2.75) is 38.1 Å². The molecule has 9 heteroatoms. The number of fused-ring (bicyclic) bond motifs is 2. The number of pyridine rings is 1. The number of carbonyl (C=O) groups is 1. The summed E-state index contributed by atoms with van der Waals surface area (Å²) in [6.07, 6.45) is 8.93. The van der Waals surface area contributed by atoms with Gasteiger partial charge in [0.05, 0.1) is 41.2 Å². The molecule has 0 spiro atoms. The van der Waals surface area contributed by atoms with E-state index < -0.39 is 0 Å². The van der Waals surface area contributed by atoms with Crippen LogP contribution in [0, 0.1) is 0 Å². The SMILES string of the molecule is CNCC(=O)NCCCCc1ncc(-c2ccc3cc(-c4ccc5nc(C6CCCN6C)[nH]c5c4)ncc3c2)[nH]1. The van der Waals surface area contributed by atoms with E-state index in [1.54, 1.807) is 7.05 Å². The van der Waals surface area contributed by atoms with Crippen LogP contribution in [0.25, 0.3) is 44.3 Å². The maximum absolute atomic E-state index is 11.5. The van der Waals surface area contributed by atoms with E-state index in [0.29, 0.717) is 19.1 Å². The second-order valence-corrected chi connectivity index (χ2v) is 10.7. The standard InChI is InChI=1S/C31H36N8O/c1-32-19-30(40)33-12-4-3-7-29-35-18-27(36-29)21-9-8-20-15-25(34-17-23(20)14-21)22-10-11-24-26(16-22)38-31(37-24)28-6-5-13-39(28)2/h8-11,14-18,28,32H,3-7,12-13,19H2,1-2H3,(H,33,40)(H,35,36)(H,37,38). The van der Waals surface area contributed by atoms with Crippen molar-refractivity contribution in [3.63, 3.8) is 0 Å². The number of aromatic amines is 2. The van der Waals surface area contributed by atoms with Crippen LogP contribution < -0.4 is 10.6 Å². The van der Waals surface area contributed by atoms with E-state index in [9.17, 15) is 4.79 Å². The summed E-state index contributed by atoms with van der Waals surface area (Å²) in [6, 6.07) is 15.3. The van der Waals surface area contributed by atoms with E-state index >= 15 is 0 Å². The van der Waals surface area contributed by atoms with Crippen molar-refractivity contribution in [1.29, 1.82) is 0 Å². The summed E-state index contributed by atoms with van der Waals surface area (Å²) in [5, 5.41) is 7.99. The van der Waals surface area contributed by atoms with Crippen LogP contribution in [0.15, 0.2) is 54.9 Å². The van der Waals surface area contributed by atoms with Crippen LogP contribution in [0.1, 0.15) is 43.4 Å². The molecule has 1 amide bonds. The number of nitrogens with one attached hydrogen (secondary N) is 4. The van der Waals surface area contributed by atoms with E-state index in [1.165, 1.54) is 6.42 Å². The Kier molecular flexibility index (Phi) is 7.57. The number of carbonyl (C=O) groups excluding carboxylic acids is 1. The Morgan fingerprint density at radius 1 is 1.02 bits per heavy atom. The third kappa shape index (κ3) is 5.61. The average molecular weight is 537 g/mol. The van der Waals surface area contributed by atoms with Gasteiger partial charge in [0.1, 0.15) is 11.6 Å². The molecule has 1 saturated heterocycles. The Hall–Kier alpha value is -4.08. The Morgan fingerprint density at radius 2 is 1.93 bits per heavy atom. The molecule has 9 nitrogen and oxygen atoms in total. The first kappa shape index (κ1) is 26.2. The molecule has 3 aromatic heterocycles. The fourth-order valence-corrected chi connectivity index (χ4v) is 5.57. The summed E-state index contributed by atoms with van der Waals surface area (Å²) in [6.45, 7) is 2.16. The van der Waals surface area contributed by atoms with Crippen molar-refractivity contribution in [3.05, 3.63) is 66.5 Å². The molecule has 6 rings (SSSR count). The zero-order chi connectivity index (χ0) is 27.5. The number of likely N-dealkylation sites (tertiary alicyclic amines) is 1. The van der Waals surface area contributed by atoms with Gasteiger partial charge in [0.2, 0.25) is 5.91 Å². The number of H-pyrrole nitrogens is 2. The van der Waals surface area contributed by atoms with Gasteiger partial charge in [0.25, 0.3) is 0 Å². The lowest BCUT2D eigenvalue weighted by Crippen LogP contribution is -2.32. The van der Waals surface area contributed by atoms with Crippen molar-refractivity contribution in [3.8, 4) is 22.5 Å². The molecule has 1 fully saturated rings. The molecule has 1 aliphatic heterocycles. The molecule has 0 radical (unpaired) electrons. The number of likely N-dealkylation sites (N-methyl/N-ethyl adjacent to an activating group) is 1. The van der Waals surface area contributed by atoms with Gasteiger partial charge in [-0.3, -0.25) is 14.7 Å². The second-order valence-electron chi connectivity index (χ2n) is 10.7. The minimum atomic E-state index is 0.0286. The Balaban J connectivity index is 1.13. The normalized spacial score (nSPS) is 15.8. The van der Waals surface area contributed by atoms with E-state index in [2.05, 4.69) is 80.0 Å². The summed E-state index contributed by atoms with van der Waals surface area (Å²) in [4.78, 5) is 35.1. The molecule has 206 valence electrons. The van der Waals surface area contributed by atoms with E-state index in [4.69, 9.17) is 9.97 Å². The third-order valence-electron chi connectivity index (χ3n) is 7.79. The van der Waals surface area contributed by atoms with Crippen molar-refractivity contribution in [2.24, 2.45) is 0 Å². The number of benzene rings is 2. The zero-order valence-electron chi connectivity index (χ0n) is 23.1. The summed E-state index contributed by atoms with van der Waals surface area (Å²) >= 11 is 0. The monoisotopic (exact) mass is 536 g/mol. The van der Waals surface area contributed by atoms with Crippen molar-refractivity contribution in [2.75, 3.05) is 33.7 Å². The van der Waals surface area contributed by atoms with Gasteiger partial charge in [0.15, 0.2) is 0 Å². The van der Waals surface area contributed by atoms with Crippen molar-refractivity contribution >= 4 is 27.7 Å². The molecule has 1 atom stereocenters. The number of nitrogens with zero attached hydrogens (tertiary/aromatic N) is 4. The van der Waals surface area contributed by atoms with E-state index in [0.717, 1.165) is 88.2 Å². The molecule has 40 heavy (non-hydrogen) atoms. The average Bonchev–Trinajstić information content (AvgIpc) is 3.71. The fourth-order valence-electron chi connectivity index (χ4n) is 5.57. The number of aromatic nitrogens is 5. The molecule has 1 aliphatic rings. The van der Waals surface area contributed by atoms with Gasteiger partial charge in [0, 0.05) is 35.7 Å². The Bertz CT molecular complexity index is 1640. The smallest absolute Gasteiger partial charge is 0.233 e. The lowest BCUT2D eigenvalue weighted by molar-refractivity contribution is -0.120. The molecule has 0 aliphatic carbocycles. The highest BCUT2D eigenvalue weighted by Gasteiger charge is 2.25. The first-order valence-electron chi connectivity index (χ1n) is 14.1. The minimum Gasteiger partial charge on any atom is -0.355 e. The lowest BCUT2D eigenvalue weighted by Gasteiger charge is -2.16. The fraction of sp³-hybridized carbons (Fsp3) is 0.355. The molecular formula is C31H36N8O. The molecule has 4 heterocycles. The van der Waals surface area contributed by atoms with Crippen molar-refractivity contribution in [1.82, 2.24) is 40.5 Å². The number of aryl methyl sites for hydroxylation is 1. The highest BCUT2D eigenvalue weighted by molar-refractivity contribution is 5.90. The quantitative estimate of drug-likeness (QED) is 0.194. The van der Waals surface area contributed by atoms with Crippen LogP contribution in [0.4, 0.5) is 0 Å². The summed E-state index contributed by atoms with van der Waals surface area (Å²) in [5.41, 5.74) is 6.16. The number of hydrogen-bond donors (Lipinski definition) is 4. The lowest BCUT2D eigenvalue weighted by atomic mass is 10.0. The van der Waals surface area contributed by atoms with E-state index in [-0.39, 0.29) is 5.91 Å². The zero-order valence-corrected chi connectivity index (χ0v) is 23.1. The van der Waals surface area contributed by atoms with Gasteiger partial charge in [-0.25, -0.2) is 9.97 Å². The first-order chi connectivity index (χ1) is 19.6.